The second-order valence-corrected chi connectivity index (χ2v) is 9.65. The minimum absolute atomic E-state index is 0.336. The van der Waals surface area contributed by atoms with Gasteiger partial charge in [-0.25, -0.2) is 8.42 Å². The lowest BCUT2D eigenvalue weighted by atomic mass is 10.1. The van der Waals surface area contributed by atoms with Crippen LogP contribution in [0.25, 0.3) is 0 Å². The second kappa shape index (κ2) is 10.1. The molecule has 146 valence electrons. The molecule has 0 radical (unpaired) electrons. The van der Waals surface area contributed by atoms with Crippen molar-refractivity contribution in [2.45, 2.75) is 11.8 Å². The molecule has 0 bridgehead atoms. The predicted octanol–water partition coefficient (Wildman–Crippen LogP) is 3.32. The molecule has 0 aliphatic rings. The molecule has 0 spiro atoms. The first kappa shape index (κ1) is 21.8. The lowest BCUT2D eigenvalue weighted by molar-refractivity contribution is -0.124. The highest BCUT2D eigenvalue weighted by Crippen LogP contribution is 2.22. The molecule has 0 aromatic heterocycles. The Kier molecular flexibility index (Phi) is 8.16. The highest BCUT2D eigenvalue weighted by molar-refractivity contribution is 7.98. The molecule has 1 N–H and O–H groups in total. The van der Waals surface area contributed by atoms with Gasteiger partial charge in [0.05, 0.1) is 6.26 Å². The number of thioether (sulfide) groups is 1. The number of halogens is 1. The Morgan fingerprint density at radius 3 is 2.52 bits per heavy atom. The molecule has 27 heavy (non-hydrogen) atoms. The van der Waals surface area contributed by atoms with Gasteiger partial charge in [-0.2, -0.15) is 16.1 Å². The van der Waals surface area contributed by atoms with E-state index in [2.05, 4.69) is 5.32 Å². The molecule has 2 aromatic rings. The van der Waals surface area contributed by atoms with Crippen molar-refractivity contribution >= 4 is 39.3 Å². The van der Waals surface area contributed by atoms with Crippen LogP contribution in [-0.4, -0.2) is 44.2 Å². The standard InChI is InChI=1S/C19H23ClN2O3S2/c1-22(27(2,24)25)18(16-8-4-3-5-9-16)19(23)21-11-12-26-14-15-7-6-10-17(20)13-15/h3-10,13,18H,11-12,14H2,1-2H3,(H,21,23)/t18-/m1/s1. The zero-order chi connectivity index (χ0) is 19.9. The van der Waals surface area contributed by atoms with E-state index in [0.29, 0.717) is 22.9 Å². The molecule has 1 amide bonds. The number of nitrogens with zero attached hydrogens (tertiary/aromatic N) is 1. The number of amides is 1. The molecule has 1 atom stereocenters. The van der Waals surface area contributed by atoms with E-state index in [9.17, 15) is 13.2 Å². The summed E-state index contributed by atoms with van der Waals surface area (Å²) in [4.78, 5) is 12.7. The van der Waals surface area contributed by atoms with Crippen molar-refractivity contribution in [2.24, 2.45) is 0 Å². The molecule has 8 heteroatoms. The van der Waals surface area contributed by atoms with Gasteiger partial charge in [-0.1, -0.05) is 54.1 Å². The molecule has 0 heterocycles. The van der Waals surface area contributed by atoms with Crippen molar-refractivity contribution in [3.8, 4) is 0 Å². The number of nitrogens with one attached hydrogen (secondary N) is 1. The molecule has 0 saturated carbocycles. The van der Waals surface area contributed by atoms with Gasteiger partial charge in [0.2, 0.25) is 15.9 Å². The zero-order valence-electron chi connectivity index (χ0n) is 15.3. The summed E-state index contributed by atoms with van der Waals surface area (Å²) in [6.45, 7) is 0.449. The fourth-order valence-corrected chi connectivity index (χ4v) is 4.13. The summed E-state index contributed by atoms with van der Waals surface area (Å²) >= 11 is 7.64. The topological polar surface area (TPSA) is 66.5 Å². The number of carbonyl (C=O) groups is 1. The van der Waals surface area contributed by atoms with Crippen LogP contribution in [0.1, 0.15) is 17.2 Å². The third-order valence-electron chi connectivity index (χ3n) is 3.95. The highest BCUT2D eigenvalue weighted by atomic mass is 35.5. The molecule has 0 fully saturated rings. The Morgan fingerprint density at radius 1 is 1.19 bits per heavy atom. The number of hydrogen-bond acceptors (Lipinski definition) is 4. The average molecular weight is 427 g/mol. The number of benzene rings is 2. The van der Waals surface area contributed by atoms with E-state index in [1.54, 1.807) is 36.0 Å². The van der Waals surface area contributed by atoms with Crippen molar-refractivity contribution in [3.63, 3.8) is 0 Å². The van der Waals surface area contributed by atoms with Gasteiger partial charge in [0, 0.05) is 30.1 Å². The Bertz CT molecular complexity index is 860. The average Bonchev–Trinajstić information content (AvgIpc) is 2.62. The van der Waals surface area contributed by atoms with Crippen molar-refractivity contribution in [1.82, 2.24) is 9.62 Å². The van der Waals surface area contributed by atoms with Crippen LogP contribution in [0.5, 0.6) is 0 Å². The minimum Gasteiger partial charge on any atom is -0.354 e. The van der Waals surface area contributed by atoms with Gasteiger partial charge in [0.25, 0.3) is 0 Å². The van der Waals surface area contributed by atoms with Gasteiger partial charge in [0.15, 0.2) is 0 Å². The maximum Gasteiger partial charge on any atom is 0.243 e. The van der Waals surface area contributed by atoms with Crippen LogP contribution in [0.2, 0.25) is 5.02 Å². The molecule has 0 unspecified atom stereocenters. The Morgan fingerprint density at radius 2 is 1.89 bits per heavy atom. The largest absolute Gasteiger partial charge is 0.354 e. The Labute approximate surface area is 170 Å². The van der Waals surface area contributed by atoms with Crippen LogP contribution >= 0.6 is 23.4 Å². The van der Waals surface area contributed by atoms with E-state index in [1.807, 2.05) is 30.3 Å². The maximum atomic E-state index is 12.7. The fraction of sp³-hybridized carbons (Fsp3) is 0.316. The normalized spacial score (nSPS) is 12.7. The number of rotatable bonds is 9. The quantitative estimate of drug-likeness (QED) is 0.624. The van der Waals surface area contributed by atoms with E-state index >= 15 is 0 Å². The van der Waals surface area contributed by atoms with Crippen LogP contribution in [0, 0.1) is 0 Å². The van der Waals surface area contributed by atoms with Crippen LogP contribution in [-0.2, 0) is 20.6 Å². The van der Waals surface area contributed by atoms with Gasteiger partial charge >= 0.3 is 0 Å². The highest BCUT2D eigenvalue weighted by Gasteiger charge is 2.30. The molecular formula is C19H23ClN2O3S2. The number of sulfonamides is 1. The summed E-state index contributed by atoms with van der Waals surface area (Å²) in [6.07, 6.45) is 1.09. The van der Waals surface area contributed by atoms with Gasteiger partial charge in [-0.05, 0) is 23.3 Å². The molecule has 2 aromatic carbocycles. The van der Waals surface area contributed by atoms with Crippen molar-refractivity contribution < 1.29 is 13.2 Å². The summed E-state index contributed by atoms with van der Waals surface area (Å²) in [5.74, 6) is 1.17. The van der Waals surface area contributed by atoms with E-state index in [1.165, 1.54) is 7.05 Å². The second-order valence-electron chi connectivity index (χ2n) is 6.07. The number of carbonyl (C=O) groups excluding carboxylic acids is 1. The Hall–Kier alpha value is -1.54. The van der Waals surface area contributed by atoms with Gasteiger partial charge in [0.1, 0.15) is 6.04 Å². The first-order chi connectivity index (χ1) is 12.8. The van der Waals surface area contributed by atoms with Crippen LogP contribution in [0.3, 0.4) is 0 Å². The summed E-state index contributed by atoms with van der Waals surface area (Å²) in [5.41, 5.74) is 1.76. The molecule has 2 rings (SSSR count). The lowest BCUT2D eigenvalue weighted by Crippen LogP contribution is -2.41. The van der Waals surface area contributed by atoms with Gasteiger partial charge in [-0.15, -0.1) is 0 Å². The van der Waals surface area contributed by atoms with Gasteiger partial charge in [-0.3, -0.25) is 4.79 Å². The SMILES string of the molecule is CN([C@@H](C(=O)NCCSCc1cccc(Cl)c1)c1ccccc1)S(C)(=O)=O. The number of hydrogen-bond donors (Lipinski definition) is 1. The van der Waals surface area contributed by atoms with E-state index < -0.39 is 16.1 Å². The van der Waals surface area contributed by atoms with Crippen molar-refractivity contribution in [1.29, 1.82) is 0 Å². The molecular weight excluding hydrogens is 404 g/mol. The summed E-state index contributed by atoms with van der Waals surface area (Å²) in [7, 11) is -2.10. The maximum absolute atomic E-state index is 12.7. The molecule has 5 nitrogen and oxygen atoms in total. The smallest absolute Gasteiger partial charge is 0.243 e. The van der Waals surface area contributed by atoms with E-state index in [0.717, 1.165) is 21.9 Å². The monoisotopic (exact) mass is 426 g/mol. The minimum atomic E-state index is -3.52. The van der Waals surface area contributed by atoms with Crippen molar-refractivity contribution in [3.05, 3.63) is 70.7 Å². The molecule has 0 aliphatic carbocycles. The molecule has 0 aliphatic heterocycles. The summed E-state index contributed by atoms with van der Waals surface area (Å²) in [5, 5.41) is 3.54. The van der Waals surface area contributed by atoms with Crippen molar-refractivity contribution in [2.75, 3.05) is 25.6 Å². The lowest BCUT2D eigenvalue weighted by Gasteiger charge is -2.25. The summed E-state index contributed by atoms with van der Waals surface area (Å²) < 4.78 is 25.0. The number of likely N-dealkylation sites (N-methyl/N-ethyl adjacent to an activating group) is 1. The van der Waals surface area contributed by atoms with E-state index in [-0.39, 0.29) is 5.91 Å². The molecule has 0 saturated heterocycles. The first-order valence-corrected chi connectivity index (χ1v) is 11.7. The first-order valence-electron chi connectivity index (χ1n) is 8.37. The summed E-state index contributed by atoms with van der Waals surface area (Å²) in [6, 6.07) is 15.7. The zero-order valence-corrected chi connectivity index (χ0v) is 17.7. The predicted molar refractivity (Wildman–Crippen MR) is 112 cm³/mol. The van der Waals surface area contributed by atoms with Crippen LogP contribution < -0.4 is 5.32 Å². The third kappa shape index (κ3) is 6.84. The fourth-order valence-electron chi connectivity index (χ4n) is 2.51. The van der Waals surface area contributed by atoms with Gasteiger partial charge < -0.3 is 5.32 Å². The third-order valence-corrected chi connectivity index (χ3v) is 6.48. The Balaban J connectivity index is 1.92. The van der Waals surface area contributed by atoms with Crippen LogP contribution in [0.15, 0.2) is 54.6 Å². The van der Waals surface area contributed by atoms with E-state index in [4.69, 9.17) is 11.6 Å². The van der Waals surface area contributed by atoms with Crippen LogP contribution in [0.4, 0.5) is 0 Å².